The fourth-order valence-corrected chi connectivity index (χ4v) is 3.66. The lowest BCUT2D eigenvalue weighted by Gasteiger charge is -2.25. The minimum absolute atomic E-state index is 0.0442. The fraction of sp³-hybridized carbons (Fsp3) is 0.462. The molecule has 0 radical (unpaired) electrons. The van der Waals surface area contributed by atoms with Crippen molar-refractivity contribution in [2.75, 3.05) is 26.4 Å². The van der Waals surface area contributed by atoms with Crippen LogP contribution in [0.4, 0.5) is 0 Å². The summed E-state index contributed by atoms with van der Waals surface area (Å²) in [6.07, 6.45) is 0.123. The molecule has 4 N–H and O–H groups in total. The van der Waals surface area contributed by atoms with Crippen LogP contribution in [0.25, 0.3) is 0 Å². The first-order chi connectivity index (χ1) is 17.4. The highest BCUT2D eigenvalue weighted by atomic mass is 16.5. The van der Waals surface area contributed by atoms with Crippen LogP contribution in [0.2, 0.25) is 0 Å². The molecule has 0 aliphatic heterocycles. The highest BCUT2D eigenvalue weighted by Crippen LogP contribution is 2.32. The van der Waals surface area contributed by atoms with Crippen LogP contribution in [0.15, 0.2) is 48.5 Å². The second-order valence-electron chi connectivity index (χ2n) is 8.63. The summed E-state index contributed by atoms with van der Waals surface area (Å²) >= 11 is 0. The summed E-state index contributed by atoms with van der Waals surface area (Å²) in [7, 11) is 0. The van der Waals surface area contributed by atoms with Crippen molar-refractivity contribution in [1.29, 1.82) is 0 Å². The third-order valence-electron chi connectivity index (χ3n) is 5.78. The topological polar surface area (TPSA) is 152 Å². The van der Waals surface area contributed by atoms with Gasteiger partial charge in [0.1, 0.15) is 48.4 Å². The molecule has 0 heterocycles. The number of rotatable bonds is 12. The maximum Gasteiger partial charge on any atom is 0.314 e. The van der Waals surface area contributed by atoms with Crippen molar-refractivity contribution < 1.29 is 49.0 Å². The Labute approximate surface area is 209 Å². The van der Waals surface area contributed by atoms with Gasteiger partial charge in [-0.2, -0.15) is 0 Å². The van der Waals surface area contributed by atoms with E-state index in [1.54, 1.807) is 48.5 Å². The maximum absolute atomic E-state index is 12.5. The standard InChI is InChI=1S/C26H32O10/c27-13-19(29)15-33-21-5-9-23(10-6-21)35-25(31)17-1-2-18(4-3-17)26(32)36-24-11-7-22(8-12-24)34-16-20(30)14-28/h5-12,17-20,27-30H,1-4,13-16H2. The Kier molecular flexibility index (Phi) is 10.5. The predicted octanol–water partition coefficient (Wildman–Crippen LogP) is 1.47. The first-order valence-corrected chi connectivity index (χ1v) is 11.8. The van der Waals surface area contributed by atoms with Crippen LogP contribution < -0.4 is 18.9 Å². The molecule has 36 heavy (non-hydrogen) atoms. The molecule has 2 aromatic carbocycles. The van der Waals surface area contributed by atoms with Gasteiger partial charge in [0.2, 0.25) is 0 Å². The lowest BCUT2D eigenvalue weighted by molar-refractivity contribution is -0.145. The smallest absolute Gasteiger partial charge is 0.314 e. The normalized spacial score (nSPS) is 19.1. The first-order valence-electron chi connectivity index (χ1n) is 11.8. The molecule has 2 atom stereocenters. The molecule has 0 saturated heterocycles. The third-order valence-corrected chi connectivity index (χ3v) is 5.78. The molecule has 1 aliphatic carbocycles. The first kappa shape index (κ1) is 27.4. The molecule has 0 spiro atoms. The van der Waals surface area contributed by atoms with Crippen molar-refractivity contribution in [3.8, 4) is 23.0 Å². The number of aliphatic hydroxyl groups is 4. The van der Waals surface area contributed by atoms with Crippen molar-refractivity contribution in [2.24, 2.45) is 11.8 Å². The molecule has 3 rings (SSSR count). The van der Waals surface area contributed by atoms with Gasteiger partial charge in [0.25, 0.3) is 0 Å². The third kappa shape index (κ3) is 8.49. The number of hydrogen-bond acceptors (Lipinski definition) is 10. The predicted molar refractivity (Wildman–Crippen MR) is 127 cm³/mol. The summed E-state index contributed by atoms with van der Waals surface area (Å²) in [4.78, 5) is 25.1. The van der Waals surface area contributed by atoms with Crippen LogP contribution in [0.5, 0.6) is 23.0 Å². The summed E-state index contributed by atoms with van der Waals surface area (Å²) in [6, 6.07) is 12.8. The molecule has 2 unspecified atom stereocenters. The van der Waals surface area contributed by atoms with E-state index >= 15 is 0 Å². The Bertz CT molecular complexity index is 872. The molecule has 10 nitrogen and oxygen atoms in total. The van der Waals surface area contributed by atoms with Gasteiger partial charge in [0, 0.05) is 0 Å². The molecule has 2 aromatic rings. The second-order valence-corrected chi connectivity index (χ2v) is 8.63. The summed E-state index contributed by atoms with van der Waals surface area (Å²) in [5, 5.41) is 36.3. The molecule has 0 aromatic heterocycles. The highest BCUT2D eigenvalue weighted by Gasteiger charge is 2.32. The lowest BCUT2D eigenvalue weighted by Crippen LogP contribution is -2.30. The minimum atomic E-state index is -0.964. The number of hydrogen-bond donors (Lipinski definition) is 4. The van der Waals surface area contributed by atoms with Crippen LogP contribution in [-0.4, -0.2) is 71.0 Å². The maximum atomic E-state index is 12.5. The molecular weight excluding hydrogens is 472 g/mol. The van der Waals surface area contributed by atoms with E-state index in [0.29, 0.717) is 48.7 Å². The summed E-state index contributed by atoms with van der Waals surface area (Å²) < 4.78 is 21.6. The Morgan fingerprint density at radius 2 is 0.944 bits per heavy atom. The van der Waals surface area contributed by atoms with Crippen LogP contribution in [0, 0.1) is 11.8 Å². The van der Waals surface area contributed by atoms with E-state index in [2.05, 4.69) is 0 Å². The zero-order valence-corrected chi connectivity index (χ0v) is 19.8. The zero-order chi connectivity index (χ0) is 25.9. The van der Waals surface area contributed by atoms with Crippen molar-refractivity contribution in [3.63, 3.8) is 0 Å². The Morgan fingerprint density at radius 3 is 1.25 bits per heavy atom. The van der Waals surface area contributed by atoms with Crippen LogP contribution in [-0.2, 0) is 9.59 Å². The summed E-state index contributed by atoms with van der Waals surface area (Å²) in [5.41, 5.74) is 0. The Hall–Kier alpha value is -3.18. The van der Waals surface area contributed by atoms with Gasteiger partial charge in [-0.1, -0.05) is 0 Å². The fourth-order valence-electron chi connectivity index (χ4n) is 3.66. The van der Waals surface area contributed by atoms with Gasteiger partial charge in [-0.15, -0.1) is 0 Å². The van der Waals surface area contributed by atoms with Crippen LogP contribution in [0.3, 0.4) is 0 Å². The monoisotopic (exact) mass is 504 g/mol. The minimum Gasteiger partial charge on any atom is -0.491 e. The molecule has 1 fully saturated rings. The van der Waals surface area contributed by atoms with Gasteiger partial charge in [0.05, 0.1) is 25.0 Å². The number of carbonyl (C=O) groups excluding carboxylic acids is 2. The van der Waals surface area contributed by atoms with E-state index in [1.807, 2.05) is 0 Å². The van der Waals surface area contributed by atoms with Crippen LogP contribution in [0.1, 0.15) is 25.7 Å². The number of ether oxygens (including phenoxy) is 4. The quantitative estimate of drug-likeness (QED) is 0.247. The van der Waals surface area contributed by atoms with Gasteiger partial charge in [-0.05, 0) is 74.2 Å². The zero-order valence-electron chi connectivity index (χ0n) is 19.8. The molecular formula is C26H32O10. The Morgan fingerprint density at radius 1 is 0.639 bits per heavy atom. The van der Waals surface area contributed by atoms with E-state index in [-0.39, 0.29) is 37.0 Å². The number of carbonyl (C=O) groups is 2. The summed E-state index contributed by atoms with van der Waals surface area (Å²) in [5.74, 6) is 0.365. The summed E-state index contributed by atoms with van der Waals surface area (Å²) in [6.45, 7) is -0.871. The largest absolute Gasteiger partial charge is 0.491 e. The SMILES string of the molecule is O=C(Oc1ccc(OCC(O)CO)cc1)C1CCC(C(=O)Oc2ccc(OCC(O)CO)cc2)CC1. The number of benzene rings is 2. The molecule has 10 heteroatoms. The molecule has 0 bridgehead atoms. The van der Waals surface area contributed by atoms with Gasteiger partial charge in [-0.25, -0.2) is 0 Å². The van der Waals surface area contributed by atoms with Crippen molar-refractivity contribution in [1.82, 2.24) is 0 Å². The van der Waals surface area contributed by atoms with Gasteiger partial charge >= 0.3 is 11.9 Å². The van der Waals surface area contributed by atoms with Gasteiger partial charge in [0.15, 0.2) is 0 Å². The van der Waals surface area contributed by atoms with E-state index < -0.39 is 25.4 Å². The molecule has 1 saturated carbocycles. The lowest BCUT2D eigenvalue weighted by atomic mass is 9.82. The van der Waals surface area contributed by atoms with Crippen LogP contribution >= 0.6 is 0 Å². The van der Waals surface area contributed by atoms with Crippen molar-refractivity contribution in [3.05, 3.63) is 48.5 Å². The van der Waals surface area contributed by atoms with E-state index in [9.17, 15) is 19.8 Å². The molecule has 1 aliphatic rings. The molecule has 0 amide bonds. The van der Waals surface area contributed by atoms with Gasteiger partial charge < -0.3 is 39.4 Å². The Balaban J connectivity index is 1.40. The van der Waals surface area contributed by atoms with E-state index in [0.717, 1.165) is 0 Å². The van der Waals surface area contributed by atoms with E-state index in [1.165, 1.54) is 0 Å². The average Bonchev–Trinajstić information content (AvgIpc) is 2.91. The highest BCUT2D eigenvalue weighted by molar-refractivity contribution is 5.77. The molecule has 196 valence electrons. The van der Waals surface area contributed by atoms with Crippen molar-refractivity contribution in [2.45, 2.75) is 37.9 Å². The number of esters is 2. The second kappa shape index (κ2) is 13.8. The number of aliphatic hydroxyl groups excluding tert-OH is 4. The van der Waals surface area contributed by atoms with Gasteiger partial charge in [-0.3, -0.25) is 9.59 Å². The average molecular weight is 505 g/mol. The van der Waals surface area contributed by atoms with Crippen molar-refractivity contribution >= 4 is 11.9 Å². The van der Waals surface area contributed by atoms with E-state index in [4.69, 9.17) is 29.2 Å².